The van der Waals surface area contributed by atoms with E-state index in [1.165, 1.54) is 0 Å². The third kappa shape index (κ3) is 2.68. The lowest BCUT2D eigenvalue weighted by Crippen LogP contribution is -2.44. The van der Waals surface area contributed by atoms with Crippen LogP contribution in [-0.4, -0.2) is 23.9 Å². The standard InChI is InChI=1S/C16H17N3O3.ClH/c1-20-12-3-4-13-10(8-12)7-11(9-21-13)14-18-15(19-22-14)16(17)5-2-6-16;/h3-4,7-8H,2,5-6,9,17H2,1H3;1H. The molecule has 7 heteroatoms. The van der Waals surface area contributed by atoms with Crippen LogP contribution in [0.3, 0.4) is 0 Å². The van der Waals surface area contributed by atoms with Crippen molar-refractivity contribution < 1.29 is 14.0 Å². The van der Waals surface area contributed by atoms with Crippen molar-refractivity contribution in [3.63, 3.8) is 0 Å². The van der Waals surface area contributed by atoms with Crippen molar-refractivity contribution in [3.8, 4) is 11.5 Å². The minimum absolute atomic E-state index is 0. The van der Waals surface area contributed by atoms with E-state index in [-0.39, 0.29) is 12.4 Å². The van der Waals surface area contributed by atoms with Gasteiger partial charge in [-0.15, -0.1) is 12.4 Å². The number of nitrogens with two attached hydrogens (primary N) is 1. The average Bonchev–Trinajstić information content (AvgIpc) is 3.01. The summed E-state index contributed by atoms with van der Waals surface area (Å²) in [5.41, 5.74) is 7.60. The van der Waals surface area contributed by atoms with Gasteiger partial charge in [0, 0.05) is 5.56 Å². The molecule has 0 bridgehead atoms. The number of hydrogen-bond acceptors (Lipinski definition) is 6. The number of hydrogen-bond donors (Lipinski definition) is 1. The van der Waals surface area contributed by atoms with Crippen LogP contribution in [-0.2, 0) is 5.54 Å². The Labute approximate surface area is 140 Å². The molecular weight excluding hydrogens is 318 g/mol. The van der Waals surface area contributed by atoms with E-state index in [9.17, 15) is 0 Å². The van der Waals surface area contributed by atoms with Gasteiger partial charge in [0.2, 0.25) is 0 Å². The molecule has 2 aliphatic rings. The summed E-state index contributed by atoms with van der Waals surface area (Å²) >= 11 is 0. The van der Waals surface area contributed by atoms with Crippen molar-refractivity contribution in [2.24, 2.45) is 5.73 Å². The smallest absolute Gasteiger partial charge is 0.257 e. The first kappa shape index (κ1) is 15.8. The number of halogens is 1. The highest BCUT2D eigenvalue weighted by Gasteiger charge is 2.39. The van der Waals surface area contributed by atoms with E-state index in [2.05, 4.69) is 10.1 Å². The molecule has 1 aliphatic heterocycles. The fourth-order valence-electron chi connectivity index (χ4n) is 2.74. The molecular formula is C16H18ClN3O3. The monoisotopic (exact) mass is 335 g/mol. The zero-order valence-corrected chi connectivity index (χ0v) is 13.6. The largest absolute Gasteiger partial charge is 0.497 e. The molecule has 2 aromatic rings. The Bertz CT molecular complexity index is 753. The van der Waals surface area contributed by atoms with Gasteiger partial charge in [-0.05, 0) is 43.5 Å². The second kappa shape index (κ2) is 5.86. The second-order valence-electron chi connectivity index (χ2n) is 5.79. The van der Waals surface area contributed by atoms with E-state index in [1.807, 2.05) is 24.3 Å². The summed E-state index contributed by atoms with van der Waals surface area (Å²) in [5, 5.41) is 4.04. The summed E-state index contributed by atoms with van der Waals surface area (Å²) in [4.78, 5) is 4.46. The van der Waals surface area contributed by atoms with Crippen LogP contribution in [0.15, 0.2) is 22.7 Å². The maximum atomic E-state index is 6.23. The summed E-state index contributed by atoms with van der Waals surface area (Å²) in [6.07, 6.45) is 4.91. The van der Waals surface area contributed by atoms with E-state index < -0.39 is 5.54 Å². The van der Waals surface area contributed by atoms with Crippen LogP contribution in [0, 0.1) is 0 Å². The van der Waals surface area contributed by atoms with Crippen molar-refractivity contribution >= 4 is 24.1 Å². The third-order valence-corrected chi connectivity index (χ3v) is 4.32. The van der Waals surface area contributed by atoms with Gasteiger partial charge < -0.3 is 19.7 Å². The fourth-order valence-corrected chi connectivity index (χ4v) is 2.74. The Morgan fingerprint density at radius 2 is 2.13 bits per heavy atom. The van der Waals surface area contributed by atoms with E-state index in [4.69, 9.17) is 19.7 Å². The highest BCUT2D eigenvalue weighted by Crippen LogP contribution is 2.38. The number of fused-ring (bicyclic) bond motifs is 1. The normalized spacial score (nSPS) is 17.9. The summed E-state index contributed by atoms with van der Waals surface area (Å²) in [5.74, 6) is 2.66. The molecule has 0 atom stereocenters. The molecule has 122 valence electrons. The average molecular weight is 336 g/mol. The molecule has 1 aromatic carbocycles. The van der Waals surface area contributed by atoms with Crippen molar-refractivity contribution in [1.29, 1.82) is 0 Å². The molecule has 1 fully saturated rings. The van der Waals surface area contributed by atoms with Crippen LogP contribution in [0.2, 0.25) is 0 Å². The Morgan fingerprint density at radius 1 is 1.30 bits per heavy atom. The minimum atomic E-state index is -0.418. The Hall–Kier alpha value is -2.05. The molecule has 1 saturated carbocycles. The molecule has 0 radical (unpaired) electrons. The van der Waals surface area contributed by atoms with Gasteiger partial charge in [-0.25, -0.2) is 0 Å². The number of ether oxygens (including phenoxy) is 2. The number of benzene rings is 1. The van der Waals surface area contributed by atoms with Crippen molar-refractivity contribution in [1.82, 2.24) is 10.1 Å². The van der Waals surface area contributed by atoms with Crippen LogP contribution in [0.5, 0.6) is 11.5 Å². The van der Waals surface area contributed by atoms with Crippen molar-refractivity contribution in [3.05, 3.63) is 35.5 Å². The first-order valence-electron chi connectivity index (χ1n) is 7.33. The molecule has 1 aromatic heterocycles. The lowest BCUT2D eigenvalue weighted by Gasteiger charge is -2.34. The number of nitrogens with zero attached hydrogens (tertiary/aromatic N) is 2. The summed E-state index contributed by atoms with van der Waals surface area (Å²) in [6, 6.07) is 5.68. The molecule has 0 amide bonds. The second-order valence-corrected chi connectivity index (χ2v) is 5.79. The zero-order chi connectivity index (χ0) is 15.2. The maximum Gasteiger partial charge on any atom is 0.257 e. The van der Waals surface area contributed by atoms with Crippen molar-refractivity contribution in [2.45, 2.75) is 24.8 Å². The molecule has 0 unspecified atom stereocenters. The third-order valence-electron chi connectivity index (χ3n) is 4.32. The highest BCUT2D eigenvalue weighted by atomic mass is 35.5. The lowest BCUT2D eigenvalue weighted by molar-refractivity contribution is 0.229. The van der Waals surface area contributed by atoms with Gasteiger partial charge in [-0.3, -0.25) is 0 Å². The predicted octanol–water partition coefficient (Wildman–Crippen LogP) is 2.77. The Morgan fingerprint density at radius 3 is 2.83 bits per heavy atom. The van der Waals surface area contributed by atoms with Gasteiger partial charge in [-0.1, -0.05) is 5.16 Å². The van der Waals surface area contributed by atoms with Crippen LogP contribution in [0.25, 0.3) is 11.6 Å². The van der Waals surface area contributed by atoms with E-state index in [1.54, 1.807) is 7.11 Å². The van der Waals surface area contributed by atoms with Gasteiger partial charge in [0.25, 0.3) is 5.89 Å². The molecule has 6 nitrogen and oxygen atoms in total. The van der Waals surface area contributed by atoms with E-state index in [0.29, 0.717) is 18.3 Å². The highest BCUT2D eigenvalue weighted by molar-refractivity contribution is 5.85. The first-order valence-corrected chi connectivity index (χ1v) is 7.33. The molecule has 23 heavy (non-hydrogen) atoms. The Kier molecular flexibility index (Phi) is 4.04. The fraction of sp³-hybridized carbons (Fsp3) is 0.375. The molecule has 0 spiro atoms. The molecule has 2 N–H and O–H groups in total. The Balaban J connectivity index is 0.00000156. The minimum Gasteiger partial charge on any atom is -0.497 e. The van der Waals surface area contributed by atoms with Crippen LogP contribution < -0.4 is 15.2 Å². The lowest BCUT2D eigenvalue weighted by atomic mass is 9.77. The van der Waals surface area contributed by atoms with Gasteiger partial charge in [0.05, 0.1) is 18.2 Å². The predicted molar refractivity (Wildman–Crippen MR) is 87.6 cm³/mol. The SMILES string of the molecule is COc1ccc2c(c1)C=C(c1nc(C3(N)CCC3)no1)CO2.Cl. The van der Waals surface area contributed by atoms with Crippen molar-refractivity contribution in [2.75, 3.05) is 13.7 Å². The first-order chi connectivity index (χ1) is 10.7. The summed E-state index contributed by atoms with van der Waals surface area (Å²) in [6.45, 7) is 0.401. The van der Waals surface area contributed by atoms with Crippen LogP contribution in [0.1, 0.15) is 36.5 Å². The maximum absolute atomic E-state index is 6.23. The quantitative estimate of drug-likeness (QED) is 0.928. The van der Waals surface area contributed by atoms with E-state index in [0.717, 1.165) is 41.9 Å². The van der Waals surface area contributed by atoms with E-state index >= 15 is 0 Å². The van der Waals surface area contributed by atoms with Gasteiger partial charge in [-0.2, -0.15) is 4.98 Å². The number of methoxy groups -OCH3 is 1. The number of rotatable bonds is 3. The zero-order valence-electron chi connectivity index (χ0n) is 12.7. The topological polar surface area (TPSA) is 83.4 Å². The molecule has 0 saturated heterocycles. The molecule has 2 heterocycles. The van der Waals surface area contributed by atoms with Gasteiger partial charge in [0.15, 0.2) is 5.82 Å². The summed E-state index contributed by atoms with van der Waals surface area (Å²) in [7, 11) is 1.64. The van der Waals surface area contributed by atoms with Crippen LogP contribution >= 0.6 is 12.4 Å². The number of aromatic nitrogens is 2. The molecule has 1 aliphatic carbocycles. The van der Waals surface area contributed by atoms with Crippen LogP contribution in [0.4, 0.5) is 0 Å². The molecule has 4 rings (SSSR count). The van der Waals surface area contributed by atoms with Gasteiger partial charge in [0.1, 0.15) is 18.1 Å². The summed E-state index contributed by atoms with van der Waals surface area (Å²) < 4.78 is 16.4. The van der Waals surface area contributed by atoms with Gasteiger partial charge >= 0.3 is 0 Å².